The molecule has 0 aliphatic rings. The molecule has 0 amide bonds. The van der Waals surface area contributed by atoms with Crippen molar-refractivity contribution in [1.82, 2.24) is 0 Å². The predicted molar refractivity (Wildman–Crippen MR) is 72.0 cm³/mol. The van der Waals surface area contributed by atoms with Crippen LogP contribution in [0.25, 0.3) is 0 Å². The van der Waals surface area contributed by atoms with Gasteiger partial charge in [0.05, 0.1) is 26.2 Å². The van der Waals surface area contributed by atoms with E-state index in [-0.39, 0.29) is 0 Å². The quantitative estimate of drug-likeness (QED) is 0.794. The van der Waals surface area contributed by atoms with E-state index >= 15 is 0 Å². The number of methoxy groups -OCH3 is 2. The summed E-state index contributed by atoms with van der Waals surface area (Å²) in [4.78, 5) is 0. The summed E-state index contributed by atoms with van der Waals surface area (Å²) in [5, 5.41) is 0. The van der Waals surface area contributed by atoms with E-state index in [1.165, 1.54) is 17.7 Å². The average Bonchev–Trinajstić information content (AvgIpc) is 2.34. The van der Waals surface area contributed by atoms with Gasteiger partial charge >= 0.3 is 0 Å². The number of rotatable bonds is 6. The fourth-order valence-corrected chi connectivity index (χ4v) is 2.68. The summed E-state index contributed by atoms with van der Waals surface area (Å²) in [6.45, 7) is 2.34. The van der Waals surface area contributed by atoms with Crippen LogP contribution in [-0.2, 0) is 10.0 Å². The van der Waals surface area contributed by atoms with Crippen LogP contribution in [0.4, 0.5) is 5.69 Å². The third kappa shape index (κ3) is 3.29. The maximum Gasteiger partial charge on any atom is 0.232 e. The standard InChI is InChI=1S/C12H19NO4S/c1-5-8-13(18(4,14)15)11-7-6-10(16-2)9-12(11)17-3/h6-7,9H,5,8H2,1-4H3. The van der Waals surface area contributed by atoms with Gasteiger partial charge in [0.15, 0.2) is 0 Å². The highest BCUT2D eigenvalue weighted by Gasteiger charge is 2.20. The lowest BCUT2D eigenvalue weighted by molar-refractivity contribution is 0.395. The molecule has 0 aliphatic carbocycles. The zero-order valence-corrected chi connectivity index (χ0v) is 12.0. The zero-order chi connectivity index (χ0) is 13.8. The van der Waals surface area contributed by atoms with Gasteiger partial charge in [0.2, 0.25) is 10.0 Å². The second-order valence-corrected chi connectivity index (χ2v) is 5.78. The van der Waals surface area contributed by atoms with Crippen molar-refractivity contribution >= 4 is 15.7 Å². The number of hydrogen-bond acceptors (Lipinski definition) is 4. The van der Waals surface area contributed by atoms with E-state index in [2.05, 4.69) is 0 Å². The highest BCUT2D eigenvalue weighted by molar-refractivity contribution is 7.92. The summed E-state index contributed by atoms with van der Waals surface area (Å²) < 4.78 is 35.2. The second kappa shape index (κ2) is 5.95. The van der Waals surface area contributed by atoms with Crippen LogP contribution in [0, 0.1) is 0 Å². The second-order valence-electron chi connectivity index (χ2n) is 3.87. The minimum Gasteiger partial charge on any atom is -0.497 e. The Balaban J connectivity index is 3.28. The summed E-state index contributed by atoms with van der Waals surface area (Å²) in [7, 11) is -0.265. The Kier molecular flexibility index (Phi) is 4.84. The first-order valence-corrected chi connectivity index (χ1v) is 7.48. The van der Waals surface area contributed by atoms with E-state index in [0.717, 1.165) is 6.42 Å². The summed E-state index contributed by atoms with van der Waals surface area (Å²) in [6.07, 6.45) is 1.91. The normalized spacial score (nSPS) is 11.1. The molecular weight excluding hydrogens is 254 g/mol. The zero-order valence-electron chi connectivity index (χ0n) is 11.1. The maximum absolute atomic E-state index is 11.8. The Bertz CT molecular complexity index is 499. The van der Waals surface area contributed by atoms with Crippen molar-refractivity contribution in [2.45, 2.75) is 13.3 Å². The minimum absolute atomic E-state index is 0.418. The first kappa shape index (κ1) is 14.6. The Morgan fingerprint density at radius 3 is 2.33 bits per heavy atom. The van der Waals surface area contributed by atoms with Crippen LogP contribution in [0.3, 0.4) is 0 Å². The van der Waals surface area contributed by atoms with Gasteiger partial charge in [-0.1, -0.05) is 6.92 Å². The molecule has 0 N–H and O–H groups in total. The van der Waals surface area contributed by atoms with Crippen LogP contribution >= 0.6 is 0 Å². The molecule has 1 aromatic carbocycles. The van der Waals surface area contributed by atoms with Gasteiger partial charge in [-0.2, -0.15) is 0 Å². The molecule has 0 unspecified atom stereocenters. The highest BCUT2D eigenvalue weighted by atomic mass is 32.2. The molecule has 18 heavy (non-hydrogen) atoms. The molecule has 0 saturated carbocycles. The van der Waals surface area contributed by atoms with Crippen molar-refractivity contribution in [2.24, 2.45) is 0 Å². The molecule has 0 aromatic heterocycles. The Morgan fingerprint density at radius 2 is 1.89 bits per heavy atom. The fourth-order valence-electron chi connectivity index (χ4n) is 1.66. The molecular formula is C12H19NO4S. The van der Waals surface area contributed by atoms with Gasteiger partial charge < -0.3 is 9.47 Å². The van der Waals surface area contributed by atoms with Crippen LogP contribution in [-0.4, -0.2) is 35.4 Å². The van der Waals surface area contributed by atoms with E-state index in [9.17, 15) is 8.42 Å². The van der Waals surface area contributed by atoms with Crippen LogP contribution in [0.5, 0.6) is 11.5 Å². The number of sulfonamides is 1. The average molecular weight is 273 g/mol. The molecule has 1 aromatic rings. The number of anilines is 1. The smallest absolute Gasteiger partial charge is 0.232 e. The topological polar surface area (TPSA) is 55.8 Å². The monoisotopic (exact) mass is 273 g/mol. The molecule has 0 radical (unpaired) electrons. The molecule has 0 aliphatic heterocycles. The minimum atomic E-state index is -3.32. The third-order valence-electron chi connectivity index (χ3n) is 2.48. The first-order chi connectivity index (χ1) is 8.43. The van der Waals surface area contributed by atoms with Crippen LogP contribution < -0.4 is 13.8 Å². The van der Waals surface area contributed by atoms with E-state index in [0.29, 0.717) is 23.7 Å². The largest absolute Gasteiger partial charge is 0.497 e. The number of benzene rings is 1. The summed E-state index contributed by atoms with van der Waals surface area (Å²) in [5.74, 6) is 1.11. The number of hydrogen-bond donors (Lipinski definition) is 0. The first-order valence-electron chi connectivity index (χ1n) is 5.63. The van der Waals surface area contributed by atoms with Gasteiger partial charge in [0, 0.05) is 12.6 Å². The lowest BCUT2D eigenvalue weighted by Crippen LogP contribution is -2.30. The van der Waals surface area contributed by atoms with Crippen LogP contribution in [0.1, 0.15) is 13.3 Å². The van der Waals surface area contributed by atoms with Gasteiger partial charge in [0.25, 0.3) is 0 Å². The SMILES string of the molecule is CCCN(c1ccc(OC)cc1OC)S(C)(=O)=O. The molecule has 0 saturated heterocycles. The molecule has 0 fully saturated rings. The molecule has 0 atom stereocenters. The van der Waals surface area contributed by atoms with Gasteiger partial charge in [-0.05, 0) is 18.6 Å². The number of nitrogens with zero attached hydrogens (tertiary/aromatic N) is 1. The Hall–Kier alpha value is -1.43. The fraction of sp³-hybridized carbons (Fsp3) is 0.500. The van der Waals surface area contributed by atoms with Crippen LogP contribution in [0.15, 0.2) is 18.2 Å². The van der Waals surface area contributed by atoms with E-state index in [4.69, 9.17) is 9.47 Å². The lowest BCUT2D eigenvalue weighted by Gasteiger charge is -2.24. The maximum atomic E-state index is 11.8. The van der Waals surface area contributed by atoms with Gasteiger partial charge in [0.1, 0.15) is 11.5 Å². The summed E-state index contributed by atoms with van der Waals surface area (Å²) >= 11 is 0. The van der Waals surface area contributed by atoms with E-state index < -0.39 is 10.0 Å². The molecule has 102 valence electrons. The van der Waals surface area contributed by atoms with Crippen molar-refractivity contribution in [2.75, 3.05) is 31.3 Å². The molecule has 6 heteroatoms. The molecule has 5 nitrogen and oxygen atoms in total. The third-order valence-corrected chi connectivity index (χ3v) is 3.66. The van der Waals surface area contributed by atoms with Crippen molar-refractivity contribution in [3.8, 4) is 11.5 Å². The van der Waals surface area contributed by atoms with Gasteiger partial charge in [-0.3, -0.25) is 4.31 Å². The molecule has 1 rings (SSSR count). The van der Waals surface area contributed by atoms with Crippen molar-refractivity contribution in [3.63, 3.8) is 0 Å². The van der Waals surface area contributed by atoms with Crippen molar-refractivity contribution in [1.29, 1.82) is 0 Å². The summed E-state index contributed by atoms with van der Waals surface area (Å²) in [5.41, 5.74) is 0.530. The predicted octanol–water partition coefficient (Wildman–Crippen LogP) is 1.88. The Morgan fingerprint density at radius 1 is 1.22 bits per heavy atom. The van der Waals surface area contributed by atoms with Crippen LogP contribution in [0.2, 0.25) is 0 Å². The molecule has 0 bridgehead atoms. The van der Waals surface area contributed by atoms with Gasteiger partial charge in [-0.25, -0.2) is 8.42 Å². The van der Waals surface area contributed by atoms with Gasteiger partial charge in [-0.15, -0.1) is 0 Å². The van der Waals surface area contributed by atoms with E-state index in [1.807, 2.05) is 6.92 Å². The van der Waals surface area contributed by atoms with E-state index in [1.54, 1.807) is 25.3 Å². The van der Waals surface area contributed by atoms with Crippen molar-refractivity contribution < 1.29 is 17.9 Å². The summed E-state index contributed by atoms with van der Waals surface area (Å²) in [6, 6.07) is 5.07. The molecule has 0 heterocycles. The van der Waals surface area contributed by atoms with Crippen molar-refractivity contribution in [3.05, 3.63) is 18.2 Å². The number of ether oxygens (including phenoxy) is 2. The molecule has 0 spiro atoms. The highest BCUT2D eigenvalue weighted by Crippen LogP contribution is 2.33. The lowest BCUT2D eigenvalue weighted by atomic mass is 10.2. The Labute approximate surface area is 108 Å².